The number of halogens is 2. The number of aliphatic imine (C=N–C) groups is 1. The highest BCUT2D eigenvalue weighted by Gasteiger charge is 2.27. The van der Waals surface area contributed by atoms with Crippen molar-refractivity contribution in [3.8, 4) is 0 Å². The summed E-state index contributed by atoms with van der Waals surface area (Å²) < 4.78 is 0. The van der Waals surface area contributed by atoms with E-state index in [1.54, 1.807) is 0 Å². The summed E-state index contributed by atoms with van der Waals surface area (Å²) in [5.74, 6) is -1.06. The van der Waals surface area contributed by atoms with Gasteiger partial charge in [-0.3, -0.25) is 14.9 Å². The van der Waals surface area contributed by atoms with Gasteiger partial charge in [-0.15, -0.1) is 4.99 Å². The Morgan fingerprint density at radius 2 is 2.06 bits per heavy atom. The molecule has 88 valence electrons. The molecule has 0 saturated carbocycles. The first-order valence-corrected chi connectivity index (χ1v) is 4.78. The highest BCUT2D eigenvalue weighted by molar-refractivity contribution is 6.36. The van der Waals surface area contributed by atoms with Crippen LogP contribution in [0.25, 0.3) is 0 Å². The van der Waals surface area contributed by atoms with Gasteiger partial charge < -0.3 is 0 Å². The minimum absolute atomic E-state index is 0.107. The maximum absolute atomic E-state index is 11.4. The quantitative estimate of drug-likeness (QED) is 0.270. The molecule has 7 nitrogen and oxygen atoms in total. The second-order valence-corrected chi connectivity index (χ2v) is 3.52. The number of carbonyl (C=O) groups is 1. The van der Waals surface area contributed by atoms with Crippen molar-refractivity contribution in [2.24, 2.45) is 4.99 Å². The molecule has 0 spiro atoms. The average molecular weight is 276 g/mol. The zero-order valence-electron chi connectivity index (χ0n) is 8.23. The van der Waals surface area contributed by atoms with Gasteiger partial charge in [-0.05, 0) is 6.92 Å². The summed E-state index contributed by atoms with van der Waals surface area (Å²) in [6, 6.07) is 0. The summed E-state index contributed by atoms with van der Waals surface area (Å²) in [4.78, 5) is 37.5. The third kappa shape index (κ3) is 2.47. The number of hydrogen-bond acceptors (Lipinski definition) is 5. The lowest BCUT2D eigenvalue weighted by atomic mass is 10.1. The van der Waals surface area contributed by atoms with Crippen LogP contribution in [0.5, 0.6) is 0 Å². The van der Waals surface area contributed by atoms with Crippen molar-refractivity contribution >= 4 is 40.9 Å². The predicted molar refractivity (Wildman–Crippen MR) is 58.1 cm³/mol. The van der Waals surface area contributed by atoms with Crippen LogP contribution < -0.4 is 0 Å². The van der Waals surface area contributed by atoms with E-state index in [0.717, 1.165) is 6.08 Å². The molecule has 9 heteroatoms. The van der Waals surface area contributed by atoms with E-state index in [0.29, 0.717) is 0 Å². The van der Waals surface area contributed by atoms with Crippen LogP contribution in [-0.2, 0) is 4.79 Å². The first-order chi connectivity index (χ1) is 7.90. The van der Waals surface area contributed by atoms with E-state index in [1.807, 2.05) is 0 Å². The Hall–Kier alpha value is -1.82. The third-order valence-electron chi connectivity index (χ3n) is 1.87. The highest BCUT2D eigenvalue weighted by Crippen LogP contribution is 2.32. The standard InChI is InChI=1S/C8H3Cl2N3O4/c1-3-4(8(15)11-2-14)6(9)12-7(10)5(3)13(16)17/h1H3. The van der Waals surface area contributed by atoms with Gasteiger partial charge in [-0.2, -0.15) is 0 Å². The van der Waals surface area contributed by atoms with E-state index in [9.17, 15) is 19.7 Å². The van der Waals surface area contributed by atoms with Gasteiger partial charge in [-0.1, -0.05) is 23.2 Å². The number of aromatic nitrogens is 1. The Morgan fingerprint density at radius 3 is 2.53 bits per heavy atom. The van der Waals surface area contributed by atoms with Crippen molar-refractivity contribution in [3.63, 3.8) is 0 Å². The number of amides is 1. The zero-order chi connectivity index (χ0) is 13.2. The summed E-state index contributed by atoms with van der Waals surface area (Å²) in [6.45, 7) is 1.26. The molecule has 0 aliphatic rings. The summed E-state index contributed by atoms with van der Waals surface area (Å²) in [5.41, 5.74) is -1.00. The van der Waals surface area contributed by atoms with E-state index in [1.165, 1.54) is 6.92 Å². The normalized spacial score (nSPS) is 9.59. The number of rotatable bonds is 2. The molecule has 0 radical (unpaired) electrons. The van der Waals surface area contributed by atoms with Crippen molar-refractivity contribution < 1.29 is 14.5 Å². The Balaban J connectivity index is 3.62. The summed E-state index contributed by atoms with van der Waals surface area (Å²) in [7, 11) is 0. The van der Waals surface area contributed by atoms with E-state index in [2.05, 4.69) is 9.98 Å². The fourth-order valence-electron chi connectivity index (χ4n) is 1.18. The molecule has 1 aromatic heterocycles. The van der Waals surface area contributed by atoms with Crippen molar-refractivity contribution in [2.75, 3.05) is 0 Å². The van der Waals surface area contributed by atoms with E-state index < -0.39 is 21.7 Å². The molecule has 0 saturated heterocycles. The summed E-state index contributed by atoms with van der Waals surface area (Å²) >= 11 is 11.1. The zero-order valence-corrected chi connectivity index (χ0v) is 9.74. The molecule has 0 aliphatic carbocycles. The Kier molecular flexibility index (Phi) is 3.90. The molecule has 1 aromatic rings. The summed E-state index contributed by atoms with van der Waals surface area (Å²) in [6.07, 6.45) is 1.02. The van der Waals surface area contributed by atoms with Gasteiger partial charge in [0.2, 0.25) is 11.2 Å². The van der Waals surface area contributed by atoms with Gasteiger partial charge in [-0.25, -0.2) is 9.78 Å². The lowest BCUT2D eigenvalue weighted by Crippen LogP contribution is -2.05. The lowest BCUT2D eigenvalue weighted by Gasteiger charge is -2.05. The first-order valence-electron chi connectivity index (χ1n) is 4.02. The van der Waals surface area contributed by atoms with Crippen LogP contribution in [0.3, 0.4) is 0 Å². The molecule has 1 rings (SSSR count). The lowest BCUT2D eigenvalue weighted by molar-refractivity contribution is -0.385. The van der Waals surface area contributed by atoms with Gasteiger partial charge in [0.05, 0.1) is 10.5 Å². The summed E-state index contributed by atoms with van der Waals surface area (Å²) in [5, 5.41) is 9.91. The Morgan fingerprint density at radius 1 is 1.47 bits per heavy atom. The molecule has 0 bridgehead atoms. The molecule has 0 aliphatic heterocycles. The van der Waals surface area contributed by atoms with Crippen molar-refractivity contribution in [2.45, 2.75) is 6.92 Å². The minimum Gasteiger partial charge on any atom is -0.266 e. The van der Waals surface area contributed by atoms with Crippen molar-refractivity contribution in [1.29, 1.82) is 0 Å². The number of nitro groups is 1. The van der Waals surface area contributed by atoms with Crippen LogP contribution in [0.4, 0.5) is 5.69 Å². The molecular weight excluding hydrogens is 273 g/mol. The maximum Gasteiger partial charge on any atom is 0.310 e. The van der Waals surface area contributed by atoms with E-state index in [-0.39, 0.29) is 16.3 Å². The third-order valence-corrected chi connectivity index (χ3v) is 2.41. The first kappa shape index (κ1) is 13.2. The maximum atomic E-state index is 11.4. The molecule has 0 aromatic carbocycles. The van der Waals surface area contributed by atoms with E-state index >= 15 is 0 Å². The number of hydrogen-bond donors (Lipinski definition) is 0. The fourth-order valence-corrected chi connectivity index (χ4v) is 1.83. The predicted octanol–water partition coefficient (Wildman–Crippen LogP) is 2.08. The number of carbonyl (C=O) groups excluding carboxylic acids is 2. The Labute approximate surface area is 104 Å². The molecular formula is C8H3Cl2N3O4. The van der Waals surface area contributed by atoms with Crippen LogP contribution in [0.15, 0.2) is 4.99 Å². The minimum atomic E-state index is -1.06. The second-order valence-electron chi connectivity index (χ2n) is 2.81. The number of isocyanates is 1. The van der Waals surface area contributed by atoms with Gasteiger partial charge in [0.25, 0.3) is 5.91 Å². The number of nitrogens with zero attached hydrogens (tertiary/aromatic N) is 3. The second kappa shape index (κ2) is 5.01. The highest BCUT2D eigenvalue weighted by atomic mass is 35.5. The molecule has 1 amide bonds. The van der Waals surface area contributed by atoms with Gasteiger partial charge in [0, 0.05) is 5.56 Å². The molecule has 0 atom stereocenters. The van der Waals surface area contributed by atoms with Gasteiger partial charge in [0.15, 0.2) is 0 Å². The van der Waals surface area contributed by atoms with Crippen LogP contribution in [0.1, 0.15) is 15.9 Å². The van der Waals surface area contributed by atoms with Crippen molar-refractivity contribution in [3.05, 3.63) is 31.5 Å². The molecule has 0 N–H and O–H groups in total. The van der Waals surface area contributed by atoms with Crippen molar-refractivity contribution in [1.82, 2.24) is 4.98 Å². The molecule has 1 heterocycles. The van der Waals surface area contributed by atoms with Gasteiger partial charge >= 0.3 is 5.69 Å². The largest absolute Gasteiger partial charge is 0.310 e. The van der Waals surface area contributed by atoms with Crippen LogP contribution in [0, 0.1) is 17.0 Å². The molecule has 0 unspecified atom stereocenters. The SMILES string of the molecule is Cc1c(C(=O)N=C=O)c(Cl)nc(Cl)c1[N+](=O)[O-]. The smallest absolute Gasteiger partial charge is 0.266 e. The van der Waals surface area contributed by atoms with E-state index in [4.69, 9.17) is 23.2 Å². The van der Waals surface area contributed by atoms with Crippen LogP contribution >= 0.6 is 23.2 Å². The van der Waals surface area contributed by atoms with Crippen LogP contribution in [-0.4, -0.2) is 21.9 Å². The number of pyridine rings is 1. The van der Waals surface area contributed by atoms with Gasteiger partial charge in [0.1, 0.15) is 5.15 Å². The molecule has 0 fully saturated rings. The van der Waals surface area contributed by atoms with Crippen LogP contribution in [0.2, 0.25) is 10.3 Å². The average Bonchev–Trinajstić information content (AvgIpc) is 2.15. The Bertz CT molecular complexity index is 566. The molecule has 17 heavy (non-hydrogen) atoms. The fraction of sp³-hybridized carbons (Fsp3) is 0.125. The monoisotopic (exact) mass is 275 g/mol. The topological polar surface area (TPSA) is 103 Å².